The van der Waals surface area contributed by atoms with Crippen molar-refractivity contribution in [3.8, 4) is 0 Å². The second-order valence-electron chi connectivity index (χ2n) is 3.69. The molecule has 0 aliphatic carbocycles. The molecule has 0 saturated carbocycles. The lowest BCUT2D eigenvalue weighted by atomic mass is 10.2. The third-order valence-electron chi connectivity index (χ3n) is 2.44. The van der Waals surface area contributed by atoms with Gasteiger partial charge in [0.05, 0.1) is 5.69 Å². The van der Waals surface area contributed by atoms with Crippen molar-refractivity contribution in [1.82, 2.24) is 0 Å². The van der Waals surface area contributed by atoms with Gasteiger partial charge in [-0.15, -0.1) is 0 Å². The van der Waals surface area contributed by atoms with E-state index in [1.807, 2.05) is 0 Å². The lowest BCUT2D eigenvalue weighted by molar-refractivity contribution is 0.511. The maximum absolute atomic E-state index is 13.4. The normalized spacial score (nSPS) is 10.4. The summed E-state index contributed by atoms with van der Waals surface area (Å²) in [5.41, 5.74) is 0.825. The molecule has 2 aromatic rings. The van der Waals surface area contributed by atoms with Gasteiger partial charge < -0.3 is 5.32 Å². The van der Waals surface area contributed by atoms with Gasteiger partial charge in [-0.25, -0.2) is 13.2 Å². The highest BCUT2D eigenvalue weighted by Crippen LogP contribution is 2.21. The summed E-state index contributed by atoms with van der Waals surface area (Å²) in [6.45, 7) is 0.265. The molecule has 0 spiro atoms. The van der Waals surface area contributed by atoms with Gasteiger partial charge in [-0.1, -0.05) is 28.1 Å². The lowest BCUT2D eigenvalue weighted by Gasteiger charge is -2.09. The van der Waals surface area contributed by atoms with Gasteiger partial charge >= 0.3 is 0 Å². The quantitative estimate of drug-likeness (QED) is 0.880. The molecule has 0 aromatic heterocycles. The molecule has 0 atom stereocenters. The van der Waals surface area contributed by atoms with E-state index >= 15 is 0 Å². The minimum atomic E-state index is -0.921. The van der Waals surface area contributed by atoms with Crippen molar-refractivity contribution in [3.63, 3.8) is 0 Å². The van der Waals surface area contributed by atoms with E-state index in [2.05, 4.69) is 21.2 Å². The Morgan fingerprint density at radius 3 is 2.56 bits per heavy atom. The molecule has 0 saturated heterocycles. The van der Waals surface area contributed by atoms with Crippen molar-refractivity contribution in [2.24, 2.45) is 0 Å². The number of nitrogens with one attached hydrogen (secondary N) is 1. The van der Waals surface area contributed by atoms with Crippen LogP contribution in [-0.2, 0) is 6.54 Å². The molecule has 0 aliphatic heterocycles. The van der Waals surface area contributed by atoms with Crippen LogP contribution >= 0.6 is 15.9 Å². The fraction of sp³-hybridized carbons (Fsp3) is 0.0769. The summed E-state index contributed by atoms with van der Waals surface area (Å²) < 4.78 is 39.8. The van der Waals surface area contributed by atoms with Crippen LogP contribution in [0, 0.1) is 17.5 Å². The number of benzene rings is 2. The summed E-state index contributed by atoms with van der Waals surface area (Å²) in [5, 5.41) is 2.76. The molecular weight excluding hydrogens is 307 g/mol. The highest BCUT2D eigenvalue weighted by molar-refractivity contribution is 9.10. The van der Waals surface area contributed by atoms with E-state index in [-0.39, 0.29) is 18.0 Å². The molecule has 0 unspecified atom stereocenters. The van der Waals surface area contributed by atoms with Crippen LogP contribution in [-0.4, -0.2) is 0 Å². The van der Waals surface area contributed by atoms with Crippen molar-refractivity contribution in [2.45, 2.75) is 6.54 Å². The first kappa shape index (κ1) is 13.0. The fourth-order valence-electron chi connectivity index (χ4n) is 1.50. The maximum atomic E-state index is 13.4. The number of anilines is 1. The van der Waals surface area contributed by atoms with Crippen LogP contribution in [0.4, 0.5) is 18.9 Å². The Kier molecular flexibility index (Phi) is 3.91. The molecule has 0 aliphatic rings. The molecule has 1 N–H and O–H groups in total. The average Bonchev–Trinajstić information content (AvgIpc) is 2.33. The van der Waals surface area contributed by atoms with E-state index < -0.39 is 11.6 Å². The summed E-state index contributed by atoms with van der Waals surface area (Å²) in [6, 6.07) is 8.11. The van der Waals surface area contributed by atoms with E-state index in [1.165, 1.54) is 24.3 Å². The summed E-state index contributed by atoms with van der Waals surface area (Å²) in [6.07, 6.45) is 0. The monoisotopic (exact) mass is 315 g/mol. The average molecular weight is 316 g/mol. The molecule has 2 aromatic carbocycles. The van der Waals surface area contributed by atoms with Crippen molar-refractivity contribution in [3.05, 3.63) is 63.9 Å². The first-order chi connectivity index (χ1) is 8.58. The molecule has 0 bridgehead atoms. The summed E-state index contributed by atoms with van der Waals surface area (Å²) in [5.74, 6) is -2.18. The first-order valence-electron chi connectivity index (χ1n) is 5.20. The molecule has 18 heavy (non-hydrogen) atoms. The standard InChI is InChI=1S/C13H9BrF3N/c14-10-6-9(15)5-4-8(10)7-18-12-3-1-2-11(16)13(12)17/h1-6,18H,7H2. The molecular formula is C13H9BrF3N. The van der Waals surface area contributed by atoms with Crippen LogP contribution in [0.15, 0.2) is 40.9 Å². The maximum Gasteiger partial charge on any atom is 0.181 e. The van der Waals surface area contributed by atoms with Gasteiger partial charge in [0.15, 0.2) is 11.6 Å². The van der Waals surface area contributed by atoms with Crippen molar-refractivity contribution in [1.29, 1.82) is 0 Å². The third kappa shape index (κ3) is 2.85. The van der Waals surface area contributed by atoms with Gasteiger partial charge in [0.1, 0.15) is 5.82 Å². The van der Waals surface area contributed by atoms with E-state index in [0.717, 1.165) is 11.6 Å². The second-order valence-corrected chi connectivity index (χ2v) is 4.55. The van der Waals surface area contributed by atoms with Crippen LogP contribution in [0.2, 0.25) is 0 Å². The predicted octanol–water partition coefficient (Wildman–Crippen LogP) is 4.48. The zero-order valence-corrected chi connectivity index (χ0v) is 10.8. The van der Waals surface area contributed by atoms with Crippen molar-refractivity contribution in [2.75, 3.05) is 5.32 Å². The van der Waals surface area contributed by atoms with Crippen molar-refractivity contribution >= 4 is 21.6 Å². The zero-order chi connectivity index (χ0) is 13.1. The second kappa shape index (κ2) is 5.44. The minimum absolute atomic E-state index is 0.0752. The first-order valence-corrected chi connectivity index (χ1v) is 5.99. The topological polar surface area (TPSA) is 12.0 Å². The van der Waals surface area contributed by atoms with Crippen LogP contribution in [0.3, 0.4) is 0 Å². The molecule has 0 heterocycles. The molecule has 2 rings (SSSR count). The van der Waals surface area contributed by atoms with E-state index in [1.54, 1.807) is 6.07 Å². The molecule has 0 radical (unpaired) electrons. The lowest BCUT2D eigenvalue weighted by Crippen LogP contribution is -2.03. The smallest absolute Gasteiger partial charge is 0.181 e. The van der Waals surface area contributed by atoms with E-state index in [9.17, 15) is 13.2 Å². The molecule has 1 nitrogen and oxygen atoms in total. The van der Waals surface area contributed by atoms with Crippen LogP contribution in [0.25, 0.3) is 0 Å². The SMILES string of the molecule is Fc1ccc(CNc2cccc(F)c2F)c(Br)c1. The fourth-order valence-corrected chi connectivity index (χ4v) is 1.99. The Morgan fingerprint density at radius 2 is 1.83 bits per heavy atom. The molecule has 5 heteroatoms. The van der Waals surface area contributed by atoms with Crippen LogP contribution in [0.1, 0.15) is 5.56 Å². The Hall–Kier alpha value is -1.49. The molecule has 0 fully saturated rings. The third-order valence-corrected chi connectivity index (χ3v) is 3.17. The van der Waals surface area contributed by atoms with Gasteiger partial charge in [0, 0.05) is 11.0 Å². The Bertz CT molecular complexity index is 572. The minimum Gasteiger partial charge on any atom is -0.378 e. The summed E-state index contributed by atoms with van der Waals surface area (Å²) in [7, 11) is 0. The Morgan fingerprint density at radius 1 is 1.06 bits per heavy atom. The molecule has 94 valence electrons. The summed E-state index contributed by atoms with van der Waals surface area (Å²) >= 11 is 3.21. The van der Waals surface area contributed by atoms with E-state index in [4.69, 9.17) is 0 Å². The van der Waals surface area contributed by atoms with Gasteiger partial charge in [-0.3, -0.25) is 0 Å². The van der Waals surface area contributed by atoms with Crippen molar-refractivity contribution < 1.29 is 13.2 Å². The molecule has 0 amide bonds. The number of hydrogen-bond donors (Lipinski definition) is 1. The Balaban J connectivity index is 2.14. The van der Waals surface area contributed by atoms with Crippen LogP contribution < -0.4 is 5.32 Å². The predicted molar refractivity (Wildman–Crippen MR) is 67.8 cm³/mol. The number of rotatable bonds is 3. The highest BCUT2D eigenvalue weighted by Gasteiger charge is 2.08. The summed E-state index contributed by atoms with van der Waals surface area (Å²) in [4.78, 5) is 0. The Labute approximate surface area is 111 Å². The van der Waals surface area contributed by atoms with Crippen LogP contribution in [0.5, 0.6) is 0 Å². The van der Waals surface area contributed by atoms with E-state index in [0.29, 0.717) is 4.47 Å². The van der Waals surface area contributed by atoms with Gasteiger partial charge in [-0.2, -0.15) is 0 Å². The van der Waals surface area contributed by atoms with Gasteiger partial charge in [0.2, 0.25) is 0 Å². The number of halogens is 4. The number of hydrogen-bond acceptors (Lipinski definition) is 1. The van der Waals surface area contributed by atoms with Gasteiger partial charge in [0.25, 0.3) is 0 Å². The highest BCUT2D eigenvalue weighted by atomic mass is 79.9. The largest absolute Gasteiger partial charge is 0.378 e. The van der Waals surface area contributed by atoms with Gasteiger partial charge in [-0.05, 0) is 29.8 Å². The zero-order valence-electron chi connectivity index (χ0n) is 9.18.